The molecular formula is C20H20N10O13P2. The molecule has 0 saturated carbocycles. The van der Waals surface area contributed by atoms with Gasteiger partial charge in [-0.1, -0.05) is 0 Å². The van der Waals surface area contributed by atoms with Gasteiger partial charge < -0.3 is 45.7 Å². The van der Waals surface area contributed by atoms with Crippen LogP contribution in [0.3, 0.4) is 0 Å². The molecule has 4 aromatic heterocycles. The van der Waals surface area contributed by atoms with E-state index in [0.29, 0.717) is 0 Å². The Morgan fingerprint density at radius 1 is 0.911 bits per heavy atom. The van der Waals surface area contributed by atoms with Crippen molar-refractivity contribution in [2.45, 2.75) is 24.6 Å². The number of fused-ring (bicyclic) bond motifs is 4. The van der Waals surface area contributed by atoms with Crippen molar-refractivity contribution in [2.24, 2.45) is 0 Å². The Balaban J connectivity index is 1.21. The lowest BCUT2D eigenvalue weighted by molar-refractivity contribution is -0.130. The van der Waals surface area contributed by atoms with Gasteiger partial charge in [0.1, 0.15) is 19.0 Å². The number of ether oxygens (including phenoxy) is 3. The van der Waals surface area contributed by atoms with Gasteiger partial charge >= 0.3 is 15.4 Å². The molecule has 6 atom stereocenters. The van der Waals surface area contributed by atoms with E-state index in [-0.39, 0.29) is 40.0 Å². The van der Waals surface area contributed by atoms with Crippen molar-refractivity contribution in [3.8, 4) is 0 Å². The highest BCUT2D eigenvalue weighted by Crippen LogP contribution is 2.53. The van der Waals surface area contributed by atoms with Gasteiger partial charge in [-0.15, -0.1) is 0 Å². The second-order valence-corrected chi connectivity index (χ2v) is 12.7. The smallest absolute Gasteiger partial charge is 0.473 e. The number of nitrogens with one attached hydrogen (secondary N) is 1. The third kappa shape index (κ3) is 4.96. The van der Waals surface area contributed by atoms with Crippen molar-refractivity contribution in [2.75, 3.05) is 24.4 Å². The van der Waals surface area contributed by atoms with Gasteiger partial charge in [-0.05, 0) is 0 Å². The van der Waals surface area contributed by atoms with Crippen LogP contribution < -0.4 is 17.0 Å². The molecule has 0 aromatic carbocycles. The summed E-state index contributed by atoms with van der Waals surface area (Å²) in [5.74, 6) is -2.79. The predicted octanol–water partition coefficient (Wildman–Crippen LogP) is -0.692. The Hall–Kier alpha value is -4.60. The molecule has 9 N–H and O–H groups in total. The van der Waals surface area contributed by atoms with Gasteiger partial charge in [0.25, 0.3) is 5.56 Å². The summed E-state index contributed by atoms with van der Waals surface area (Å²) in [6.45, 7) is -0.857. The van der Waals surface area contributed by atoms with E-state index in [1.54, 1.807) is 0 Å². The van der Waals surface area contributed by atoms with Crippen LogP contribution in [-0.2, 0) is 36.9 Å². The van der Waals surface area contributed by atoms with E-state index in [2.05, 4.69) is 29.9 Å². The van der Waals surface area contributed by atoms with Crippen LogP contribution in [0.2, 0.25) is 0 Å². The third-order valence-corrected chi connectivity index (χ3v) is 8.61. The predicted molar refractivity (Wildman–Crippen MR) is 145 cm³/mol. The molecule has 3 aliphatic heterocycles. The standard InChI is InChI=1S/C20H20N10O13P2/c21-13-7-14(24-2-23-13)29(3-25-7)17-9(31)11-6(40-17)1-39-45(36,37)43-12-10(32)18(41-19(12)38-5-44(34,35)42-11)30-4-26-8-15(30)27-20(22)28-16(8)33/h2-4,6,11-12,19,31-32H,1,5H2,(H,34,35)(H,36,37)(H2,21,23,24)(H3,22,27,28,33)/t6-,11?,12?,19+/m1/s1. The Kier molecular flexibility index (Phi) is 6.62. The molecule has 23 nitrogen and oxygen atoms in total. The van der Waals surface area contributed by atoms with Gasteiger partial charge in [0.15, 0.2) is 64.3 Å². The van der Waals surface area contributed by atoms with Crippen LogP contribution in [0.1, 0.15) is 0 Å². The van der Waals surface area contributed by atoms with E-state index in [1.165, 1.54) is 6.33 Å². The van der Waals surface area contributed by atoms with Crippen LogP contribution in [0, 0.1) is 0 Å². The summed E-state index contributed by atoms with van der Waals surface area (Å²) in [6.07, 6.45) is -4.87. The first kappa shape index (κ1) is 29.1. The number of imidazole rings is 2. The Bertz CT molecular complexity index is 2090. The van der Waals surface area contributed by atoms with Crippen LogP contribution in [0.25, 0.3) is 34.1 Å². The molecule has 45 heavy (non-hydrogen) atoms. The fourth-order valence-electron chi connectivity index (χ4n) is 4.66. The monoisotopic (exact) mass is 670 g/mol. The normalized spacial score (nSPS) is 30.9. The van der Waals surface area contributed by atoms with Gasteiger partial charge in [-0.2, -0.15) is 4.98 Å². The van der Waals surface area contributed by atoms with Crippen molar-refractivity contribution >= 4 is 61.3 Å². The lowest BCUT2D eigenvalue weighted by Gasteiger charge is -2.27. The maximum absolute atomic E-state index is 13.1. The molecule has 0 spiro atoms. The number of hydrogen-bond donors (Lipinski definition) is 7. The summed E-state index contributed by atoms with van der Waals surface area (Å²) < 4.78 is 60.4. The lowest BCUT2D eigenvalue weighted by Crippen LogP contribution is -2.34. The van der Waals surface area contributed by atoms with Crippen molar-refractivity contribution in [3.63, 3.8) is 0 Å². The maximum Gasteiger partial charge on any atom is 0.473 e. The van der Waals surface area contributed by atoms with E-state index >= 15 is 0 Å². The summed E-state index contributed by atoms with van der Waals surface area (Å²) in [7, 11) is -9.95. The zero-order valence-corrected chi connectivity index (χ0v) is 23.9. The number of H-pyrrole nitrogens is 1. The number of phosphoric ester groups is 1. The van der Waals surface area contributed by atoms with Crippen LogP contribution in [0.4, 0.5) is 11.8 Å². The molecular weight excluding hydrogens is 650 g/mol. The molecule has 7 rings (SSSR count). The summed E-state index contributed by atoms with van der Waals surface area (Å²) in [5, 5.41) is 22.0. The van der Waals surface area contributed by atoms with Crippen LogP contribution in [0.5, 0.6) is 0 Å². The quantitative estimate of drug-likeness (QED) is 0.130. The number of aromatic amines is 1. The molecule has 0 aliphatic carbocycles. The summed E-state index contributed by atoms with van der Waals surface area (Å²) in [6, 6.07) is 0. The van der Waals surface area contributed by atoms with Crippen LogP contribution in [-0.4, -0.2) is 96.6 Å². The average Bonchev–Trinajstić information content (AvgIpc) is 3.72. The molecule has 0 bridgehead atoms. The summed E-state index contributed by atoms with van der Waals surface area (Å²) in [5.41, 5.74) is 10.5. The van der Waals surface area contributed by atoms with E-state index < -0.39 is 75.9 Å². The molecule has 0 radical (unpaired) electrons. The number of anilines is 2. The number of aliphatic hydroxyl groups is 2. The number of hydrogen-bond acceptors (Lipinski definition) is 18. The average molecular weight is 670 g/mol. The highest BCUT2D eigenvalue weighted by Gasteiger charge is 2.50. The number of aliphatic hydroxyl groups excluding tert-OH is 2. The molecule has 4 unspecified atom stereocenters. The summed E-state index contributed by atoms with van der Waals surface area (Å²) >= 11 is 0. The fraction of sp³-hybridized carbons (Fsp3) is 0.300. The van der Waals surface area contributed by atoms with Crippen molar-refractivity contribution in [3.05, 3.63) is 40.9 Å². The second-order valence-electron chi connectivity index (χ2n) is 9.56. The van der Waals surface area contributed by atoms with Gasteiger partial charge in [-0.3, -0.25) is 27.9 Å². The zero-order valence-electron chi connectivity index (χ0n) is 22.1. The third-order valence-electron chi connectivity index (χ3n) is 6.61. The largest absolute Gasteiger partial charge is 0.505 e. The summed E-state index contributed by atoms with van der Waals surface area (Å²) in [4.78, 5) is 55.4. The molecule has 1 saturated heterocycles. The maximum atomic E-state index is 13.1. The number of nitrogens with two attached hydrogens (primary N) is 2. The highest BCUT2D eigenvalue weighted by atomic mass is 31.2. The zero-order chi connectivity index (χ0) is 31.8. The van der Waals surface area contributed by atoms with Crippen molar-refractivity contribution in [1.29, 1.82) is 0 Å². The van der Waals surface area contributed by atoms with Crippen molar-refractivity contribution < 1.29 is 56.9 Å². The molecule has 7 heterocycles. The minimum Gasteiger partial charge on any atom is -0.505 e. The molecule has 25 heteroatoms. The molecule has 0 amide bonds. The minimum atomic E-state index is -5.13. The Morgan fingerprint density at radius 3 is 2.38 bits per heavy atom. The van der Waals surface area contributed by atoms with Gasteiger partial charge in [0.05, 0.1) is 6.61 Å². The second kappa shape index (κ2) is 10.2. The topological polar surface area (TPSA) is 330 Å². The van der Waals surface area contributed by atoms with Gasteiger partial charge in [0, 0.05) is 0 Å². The van der Waals surface area contributed by atoms with Crippen LogP contribution in [0.15, 0.2) is 35.3 Å². The number of nitrogen functional groups attached to an aromatic ring is 2. The number of nitrogens with zero attached hydrogens (tertiary/aromatic N) is 7. The first-order chi connectivity index (χ1) is 21.3. The van der Waals surface area contributed by atoms with E-state index in [1.807, 2.05) is 0 Å². The van der Waals surface area contributed by atoms with Gasteiger partial charge in [0.2, 0.25) is 24.0 Å². The first-order valence-electron chi connectivity index (χ1n) is 12.5. The number of rotatable bonds is 2. The highest BCUT2D eigenvalue weighted by molar-refractivity contribution is 7.52. The fourth-order valence-corrected chi connectivity index (χ4v) is 6.53. The Morgan fingerprint density at radius 2 is 1.60 bits per heavy atom. The van der Waals surface area contributed by atoms with Crippen molar-refractivity contribution in [1.82, 2.24) is 39.0 Å². The molecule has 238 valence electrons. The van der Waals surface area contributed by atoms with E-state index in [0.717, 1.165) is 21.8 Å². The minimum absolute atomic E-state index is 0.0155. The SMILES string of the molecule is Nc1nc2c(ncn2C2=C(O)C3OP(=O)(O)OC[C@H]4OC(n5cnc6c(N)ncnc65)=C(O)C4OP(=O)(O)CO[C@H]3O2)c(=O)[nH]1. The molecule has 1 fully saturated rings. The number of phosphoric acid groups is 1. The Labute approximate surface area is 247 Å². The molecule has 4 aromatic rings. The first-order valence-corrected chi connectivity index (χ1v) is 15.7. The van der Waals surface area contributed by atoms with Crippen LogP contribution >= 0.6 is 15.4 Å². The molecule has 3 aliphatic rings. The van der Waals surface area contributed by atoms with E-state index in [4.69, 9.17) is 39.2 Å². The number of aromatic nitrogens is 8. The van der Waals surface area contributed by atoms with Gasteiger partial charge in [-0.25, -0.2) is 33.6 Å². The lowest BCUT2D eigenvalue weighted by atomic mass is 10.2. The van der Waals surface area contributed by atoms with E-state index in [9.17, 15) is 33.9 Å².